The Hall–Kier alpha value is -3.84. The molecule has 5 rings (SSSR count). The molecule has 0 saturated heterocycles. The zero-order valence-corrected chi connectivity index (χ0v) is 21.2. The van der Waals surface area contributed by atoms with Crippen LogP contribution in [0.4, 0.5) is 5.69 Å². The molecule has 1 aliphatic rings. The van der Waals surface area contributed by atoms with Crippen LogP contribution in [-0.4, -0.2) is 6.54 Å². The van der Waals surface area contributed by atoms with Gasteiger partial charge in [-0.1, -0.05) is 90.0 Å². The van der Waals surface area contributed by atoms with Gasteiger partial charge in [-0.2, -0.15) is 0 Å². The number of hydrogen-bond acceptors (Lipinski definition) is 1. The predicted octanol–water partition coefficient (Wildman–Crippen LogP) is 8.85. The third-order valence-corrected chi connectivity index (χ3v) is 7.55. The van der Waals surface area contributed by atoms with Gasteiger partial charge < -0.3 is 5.32 Å². The van der Waals surface area contributed by atoms with E-state index in [-0.39, 0.29) is 5.41 Å². The molecule has 0 aromatic heterocycles. The maximum atomic E-state index is 3.82. The van der Waals surface area contributed by atoms with Gasteiger partial charge in [-0.05, 0) is 90.4 Å². The summed E-state index contributed by atoms with van der Waals surface area (Å²) in [6, 6.07) is 31.7. The van der Waals surface area contributed by atoms with Crippen LogP contribution < -0.4 is 5.32 Å². The second-order valence-electron chi connectivity index (χ2n) is 9.59. The first-order valence-electron chi connectivity index (χ1n) is 12.4. The Kier molecular flexibility index (Phi) is 5.94. The number of hydrogen-bond donors (Lipinski definition) is 1. The number of fused-ring (bicyclic) bond motifs is 3. The molecule has 0 spiro atoms. The fourth-order valence-corrected chi connectivity index (χ4v) is 5.67. The number of anilines is 1. The zero-order valence-electron chi connectivity index (χ0n) is 21.2. The number of rotatable bonds is 6. The van der Waals surface area contributed by atoms with Crippen molar-refractivity contribution < 1.29 is 0 Å². The average molecular weight is 456 g/mol. The first-order chi connectivity index (χ1) is 17.0. The molecule has 4 aromatic carbocycles. The van der Waals surface area contributed by atoms with Gasteiger partial charge in [-0.25, -0.2) is 0 Å². The molecule has 35 heavy (non-hydrogen) atoms. The highest BCUT2D eigenvalue weighted by atomic mass is 14.9. The van der Waals surface area contributed by atoms with Crippen molar-refractivity contribution in [1.82, 2.24) is 0 Å². The molecule has 1 nitrogen and oxygen atoms in total. The Morgan fingerprint density at radius 3 is 2.23 bits per heavy atom. The lowest BCUT2D eigenvalue weighted by Crippen LogP contribution is -2.28. The largest absolute Gasteiger partial charge is 0.381 e. The normalized spacial score (nSPS) is 16.5. The van der Waals surface area contributed by atoms with Crippen molar-refractivity contribution in [3.8, 4) is 22.3 Å². The van der Waals surface area contributed by atoms with E-state index in [9.17, 15) is 0 Å². The Morgan fingerprint density at radius 1 is 0.829 bits per heavy atom. The van der Waals surface area contributed by atoms with Crippen LogP contribution in [-0.2, 0) is 5.41 Å². The maximum absolute atomic E-state index is 3.82. The summed E-state index contributed by atoms with van der Waals surface area (Å²) in [7, 11) is 0. The second-order valence-corrected chi connectivity index (χ2v) is 9.59. The van der Waals surface area contributed by atoms with Gasteiger partial charge >= 0.3 is 0 Å². The van der Waals surface area contributed by atoms with Crippen LogP contribution in [0.25, 0.3) is 22.3 Å². The number of aryl methyl sites for hydroxylation is 2. The average Bonchev–Trinajstić information content (AvgIpc) is 3.18. The van der Waals surface area contributed by atoms with Gasteiger partial charge in [0, 0.05) is 12.2 Å². The molecule has 1 aliphatic carbocycles. The van der Waals surface area contributed by atoms with Crippen molar-refractivity contribution >= 4 is 5.69 Å². The highest BCUT2D eigenvalue weighted by Crippen LogP contribution is 2.56. The minimum Gasteiger partial charge on any atom is -0.381 e. The van der Waals surface area contributed by atoms with Crippen LogP contribution in [0.15, 0.2) is 109 Å². The summed E-state index contributed by atoms with van der Waals surface area (Å²) in [6.45, 7) is 13.3. The predicted molar refractivity (Wildman–Crippen MR) is 151 cm³/mol. The third-order valence-electron chi connectivity index (χ3n) is 7.55. The van der Waals surface area contributed by atoms with E-state index in [1.807, 2.05) is 6.08 Å². The first-order valence-corrected chi connectivity index (χ1v) is 12.4. The molecule has 174 valence electrons. The van der Waals surface area contributed by atoms with Crippen LogP contribution in [0.2, 0.25) is 0 Å². The summed E-state index contributed by atoms with van der Waals surface area (Å²) < 4.78 is 0. The molecule has 1 unspecified atom stereocenters. The molecule has 0 fully saturated rings. The molecule has 4 aromatic rings. The van der Waals surface area contributed by atoms with Gasteiger partial charge in [0.05, 0.1) is 5.41 Å². The van der Waals surface area contributed by atoms with Crippen molar-refractivity contribution in [1.29, 1.82) is 0 Å². The fourth-order valence-electron chi connectivity index (χ4n) is 5.67. The van der Waals surface area contributed by atoms with Crippen molar-refractivity contribution in [3.05, 3.63) is 137 Å². The third kappa shape index (κ3) is 3.63. The molecular formula is C34H33N. The summed E-state index contributed by atoms with van der Waals surface area (Å²) in [5.74, 6) is 0. The molecule has 0 saturated carbocycles. The molecule has 1 atom stereocenters. The van der Waals surface area contributed by atoms with Crippen molar-refractivity contribution in [3.63, 3.8) is 0 Å². The first kappa shape index (κ1) is 22.9. The van der Waals surface area contributed by atoms with E-state index in [2.05, 4.69) is 131 Å². The smallest absolute Gasteiger partial charge is 0.0670 e. The van der Waals surface area contributed by atoms with E-state index < -0.39 is 0 Å². The molecule has 0 bridgehead atoms. The quantitative estimate of drug-likeness (QED) is 0.286. The lowest BCUT2D eigenvalue weighted by Gasteiger charge is -2.34. The Bertz CT molecular complexity index is 1440. The molecule has 0 heterocycles. The molecular weight excluding hydrogens is 422 g/mol. The van der Waals surface area contributed by atoms with Gasteiger partial charge in [0.25, 0.3) is 0 Å². The molecule has 0 aliphatic heterocycles. The highest BCUT2D eigenvalue weighted by molar-refractivity contribution is 5.88. The standard InChI is InChI=1S/C34H33N/c1-6-20-35-33-19-15-26(21-24(33)4)27-14-18-30-29-10-8-9-11-31(29)34(25(5)7-2,32(30)22-27)28-16-12-23(3)13-17-28/h6-19,21-22,35H,1,20H2,2-5H3/b25-7+. The van der Waals surface area contributed by atoms with Crippen LogP contribution in [0.3, 0.4) is 0 Å². The van der Waals surface area contributed by atoms with Gasteiger partial charge in [-0.15, -0.1) is 6.58 Å². The SMILES string of the molecule is C=CCNc1ccc(-c2ccc3c(c2)C(/C(C)=C/C)(c2ccc(C)cc2)c2ccccc2-3)cc1C. The summed E-state index contributed by atoms with van der Waals surface area (Å²) in [5, 5.41) is 3.43. The molecule has 0 amide bonds. The van der Waals surface area contributed by atoms with E-state index in [1.54, 1.807) is 0 Å². The van der Waals surface area contributed by atoms with Crippen LogP contribution in [0, 0.1) is 13.8 Å². The van der Waals surface area contributed by atoms with Crippen LogP contribution >= 0.6 is 0 Å². The summed E-state index contributed by atoms with van der Waals surface area (Å²) >= 11 is 0. The summed E-state index contributed by atoms with van der Waals surface area (Å²) in [6.07, 6.45) is 4.17. The van der Waals surface area contributed by atoms with Gasteiger partial charge in [0.1, 0.15) is 0 Å². The fraction of sp³-hybridized carbons (Fsp3) is 0.176. The summed E-state index contributed by atoms with van der Waals surface area (Å²) in [5.41, 5.74) is 13.9. The summed E-state index contributed by atoms with van der Waals surface area (Å²) in [4.78, 5) is 0. The number of allylic oxidation sites excluding steroid dienone is 2. The van der Waals surface area contributed by atoms with Crippen molar-refractivity contribution in [2.45, 2.75) is 33.1 Å². The number of nitrogens with one attached hydrogen (secondary N) is 1. The minimum atomic E-state index is -0.301. The zero-order chi connectivity index (χ0) is 24.6. The monoisotopic (exact) mass is 455 g/mol. The Labute approximate surface area is 209 Å². The van der Waals surface area contributed by atoms with Crippen molar-refractivity contribution in [2.24, 2.45) is 0 Å². The maximum Gasteiger partial charge on any atom is 0.0670 e. The Balaban J connectivity index is 1.75. The lowest BCUT2D eigenvalue weighted by atomic mass is 9.67. The van der Waals surface area contributed by atoms with Gasteiger partial charge in [-0.3, -0.25) is 0 Å². The lowest BCUT2D eigenvalue weighted by molar-refractivity contribution is 0.744. The van der Waals surface area contributed by atoms with E-state index >= 15 is 0 Å². The highest BCUT2D eigenvalue weighted by Gasteiger charge is 2.45. The van der Waals surface area contributed by atoms with Gasteiger partial charge in [0.15, 0.2) is 0 Å². The Morgan fingerprint density at radius 2 is 1.51 bits per heavy atom. The van der Waals surface area contributed by atoms with Crippen LogP contribution in [0.1, 0.15) is 41.7 Å². The van der Waals surface area contributed by atoms with E-state index in [0.29, 0.717) is 0 Å². The number of benzene rings is 4. The van der Waals surface area contributed by atoms with Gasteiger partial charge in [0.2, 0.25) is 0 Å². The molecule has 1 N–H and O–H groups in total. The second kappa shape index (κ2) is 9.07. The molecule has 0 radical (unpaired) electrons. The minimum absolute atomic E-state index is 0.301. The molecule has 1 heteroatoms. The van der Waals surface area contributed by atoms with Crippen LogP contribution in [0.5, 0.6) is 0 Å². The van der Waals surface area contributed by atoms with E-state index in [4.69, 9.17) is 0 Å². The van der Waals surface area contributed by atoms with E-state index in [1.165, 1.54) is 55.6 Å². The van der Waals surface area contributed by atoms with Crippen molar-refractivity contribution in [2.75, 3.05) is 11.9 Å². The topological polar surface area (TPSA) is 12.0 Å². The van der Waals surface area contributed by atoms with E-state index in [0.717, 1.165) is 12.2 Å².